The van der Waals surface area contributed by atoms with Gasteiger partial charge in [-0.25, -0.2) is 0 Å². The third-order valence-corrected chi connectivity index (χ3v) is 4.24. The molecule has 2 aromatic rings. The lowest BCUT2D eigenvalue weighted by Crippen LogP contribution is -2.28. The van der Waals surface area contributed by atoms with Crippen LogP contribution < -0.4 is 16.2 Å². The molecule has 0 aliphatic heterocycles. The molecule has 0 bridgehead atoms. The molecule has 1 aliphatic rings. The van der Waals surface area contributed by atoms with Crippen molar-refractivity contribution in [2.75, 3.05) is 16.9 Å². The lowest BCUT2D eigenvalue weighted by atomic mass is 10.1. The summed E-state index contributed by atoms with van der Waals surface area (Å²) in [6.07, 6.45) is 4.39. The van der Waals surface area contributed by atoms with Crippen molar-refractivity contribution < 1.29 is 0 Å². The molecular weight excluding hydrogens is 344 g/mol. The normalized spacial score (nSPS) is 13.9. The van der Waals surface area contributed by atoms with Crippen LogP contribution >= 0.6 is 23.3 Å². The van der Waals surface area contributed by atoms with Gasteiger partial charge in [-0.15, -0.1) is 0 Å². The molecule has 1 saturated carbocycles. The summed E-state index contributed by atoms with van der Waals surface area (Å²) in [5.41, 5.74) is 0.0263. The number of aromatic nitrogens is 4. The molecule has 0 saturated heterocycles. The first kappa shape index (κ1) is 18.7. The van der Waals surface area contributed by atoms with E-state index in [9.17, 15) is 4.79 Å². The third kappa shape index (κ3) is 6.48. The summed E-state index contributed by atoms with van der Waals surface area (Å²) in [5, 5.41) is 9.09. The highest BCUT2D eigenvalue weighted by atomic mass is 32.2. The average Bonchev–Trinajstić information content (AvgIpc) is 3.22. The van der Waals surface area contributed by atoms with Crippen molar-refractivity contribution in [3.05, 3.63) is 21.8 Å². The SMILES string of the molecule is CSc1nc(NC2CC2)nc(NC(C)(C)C)n1.Cn1sccc1=O. The van der Waals surface area contributed by atoms with Crippen LogP contribution in [0.4, 0.5) is 11.9 Å². The second-order valence-corrected chi connectivity index (χ2v) is 8.31. The second kappa shape index (κ2) is 7.98. The first-order chi connectivity index (χ1) is 11.3. The predicted molar refractivity (Wildman–Crippen MR) is 101 cm³/mol. The summed E-state index contributed by atoms with van der Waals surface area (Å²) < 4.78 is 1.57. The Morgan fingerprint density at radius 2 is 1.92 bits per heavy atom. The number of rotatable bonds is 4. The van der Waals surface area contributed by atoms with Crippen molar-refractivity contribution in [1.82, 2.24) is 18.9 Å². The van der Waals surface area contributed by atoms with Crippen LogP contribution in [0.2, 0.25) is 0 Å². The molecular formula is C15H24N6OS2. The number of nitrogens with one attached hydrogen (secondary N) is 2. The summed E-state index contributed by atoms with van der Waals surface area (Å²) in [6.45, 7) is 6.26. The molecule has 0 spiro atoms. The Morgan fingerprint density at radius 3 is 2.33 bits per heavy atom. The molecule has 9 heteroatoms. The van der Waals surface area contributed by atoms with Crippen molar-refractivity contribution in [3.63, 3.8) is 0 Å². The van der Waals surface area contributed by atoms with Gasteiger partial charge in [0.05, 0.1) is 0 Å². The van der Waals surface area contributed by atoms with Crippen LogP contribution in [0.5, 0.6) is 0 Å². The Kier molecular flexibility index (Phi) is 6.22. The van der Waals surface area contributed by atoms with Crippen LogP contribution in [0.3, 0.4) is 0 Å². The molecule has 2 heterocycles. The maximum Gasteiger partial charge on any atom is 0.260 e. The number of nitrogens with zero attached hydrogens (tertiary/aromatic N) is 4. The first-order valence-corrected chi connectivity index (χ1v) is 9.79. The highest BCUT2D eigenvalue weighted by Gasteiger charge is 2.23. The Morgan fingerprint density at radius 1 is 1.25 bits per heavy atom. The van der Waals surface area contributed by atoms with E-state index in [1.54, 1.807) is 22.5 Å². The zero-order valence-corrected chi connectivity index (χ0v) is 16.3. The second-order valence-electron chi connectivity index (χ2n) is 6.51. The Bertz CT molecular complexity index is 717. The summed E-state index contributed by atoms with van der Waals surface area (Å²) in [4.78, 5) is 23.5. The van der Waals surface area contributed by atoms with Crippen LogP contribution in [-0.4, -0.2) is 36.7 Å². The van der Waals surface area contributed by atoms with Crippen LogP contribution in [0.15, 0.2) is 21.4 Å². The van der Waals surface area contributed by atoms with Gasteiger partial charge in [0.1, 0.15) is 0 Å². The molecule has 1 aliphatic carbocycles. The monoisotopic (exact) mass is 368 g/mol. The largest absolute Gasteiger partial charge is 0.351 e. The fourth-order valence-electron chi connectivity index (χ4n) is 1.65. The molecule has 2 aromatic heterocycles. The van der Waals surface area contributed by atoms with E-state index in [1.807, 2.05) is 6.26 Å². The number of hydrogen-bond acceptors (Lipinski definition) is 8. The van der Waals surface area contributed by atoms with Crippen LogP contribution in [0.1, 0.15) is 33.6 Å². The molecule has 0 unspecified atom stereocenters. The molecule has 0 atom stereocenters. The van der Waals surface area contributed by atoms with Gasteiger partial charge in [-0.3, -0.25) is 8.75 Å². The molecule has 132 valence electrons. The van der Waals surface area contributed by atoms with E-state index in [0.29, 0.717) is 17.9 Å². The number of thioether (sulfide) groups is 1. The molecule has 24 heavy (non-hydrogen) atoms. The third-order valence-electron chi connectivity index (χ3n) is 2.93. The van der Waals surface area contributed by atoms with Gasteiger partial charge >= 0.3 is 0 Å². The van der Waals surface area contributed by atoms with Gasteiger partial charge < -0.3 is 10.6 Å². The van der Waals surface area contributed by atoms with Crippen LogP contribution in [0.25, 0.3) is 0 Å². The maximum absolute atomic E-state index is 10.4. The minimum atomic E-state index is -0.0477. The van der Waals surface area contributed by atoms with E-state index in [1.165, 1.54) is 36.1 Å². The van der Waals surface area contributed by atoms with Crippen LogP contribution in [0, 0.1) is 0 Å². The van der Waals surface area contributed by atoms with Gasteiger partial charge in [0.15, 0.2) is 5.16 Å². The topological polar surface area (TPSA) is 84.7 Å². The summed E-state index contributed by atoms with van der Waals surface area (Å²) in [7, 11) is 1.74. The molecule has 1 fully saturated rings. The number of anilines is 2. The zero-order valence-electron chi connectivity index (χ0n) is 14.7. The predicted octanol–water partition coefficient (Wildman–Crippen LogP) is 2.83. The van der Waals surface area contributed by atoms with Gasteiger partial charge in [-0.1, -0.05) is 23.3 Å². The molecule has 3 rings (SSSR count). The smallest absolute Gasteiger partial charge is 0.260 e. The quantitative estimate of drug-likeness (QED) is 0.803. The lowest BCUT2D eigenvalue weighted by molar-refractivity contribution is 0.622. The maximum atomic E-state index is 10.4. The molecule has 2 N–H and O–H groups in total. The molecule has 0 amide bonds. The average molecular weight is 369 g/mol. The molecule has 7 nitrogen and oxygen atoms in total. The van der Waals surface area contributed by atoms with E-state index in [2.05, 4.69) is 46.4 Å². The Balaban J connectivity index is 0.000000249. The number of hydrogen-bond donors (Lipinski definition) is 2. The minimum absolute atomic E-state index is 0.0477. The molecule has 0 radical (unpaired) electrons. The highest BCUT2D eigenvalue weighted by Crippen LogP contribution is 2.24. The van der Waals surface area contributed by atoms with E-state index < -0.39 is 0 Å². The van der Waals surface area contributed by atoms with Crippen LogP contribution in [-0.2, 0) is 7.05 Å². The van der Waals surface area contributed by atoms with Crippen molar-refractivity contribution in [2.45, 2.75) is 50.4 Å². The minimum Gasteiger partial charge on any atom is -0.351 e. The summed E-state index contributed by atoms with van der Waals surface area (Å²) >= 11 is 2.94. The van der Waals surface area contributed by atoms with Crippen molar-refractivity contribution in [3.8, 4) is 0 Å². The van der Waals surface area contributed by atoms with E-state index >= 15 is 0 Å². The Labute approximate surface area is 150 Å². The lowest BCUT2D eigenvalue weighted by Gasteiger charge is -2.20. The van der Waals surface area contributed by atoms with Gasteiger partial charge in [-0.2, -0.15) is 15.0 Å². The van der Waals surface area contributed by atoms with Gasteiger partial charge in [0.2, 0.25) is 11.9 Å². The van der Waals surface area contributed by atoms with Crippen molar-refractivity contribution >= 4 is 35.2 Å². The fourth-order valence-corrected chi connectivity index (χ4v) is 2.53. The van der Waals surface area contributed by atoms with Crippen molar-refractivity contribution in [2.24, 2.45) is 7.05 Å². The first-order valence-electron chi connectivity index (χ1n) is 7.72. The van der Waals surface area contributed by atoms with E-state index in [4.69, 9.17) is 0 Å². The molecule has 0 aromatic carbocycles. The highest BCUT2D eigenvalue weighted by molar-refractivity contribution is 7.98. The number of aryl methyl sites for hydroxylation is 1. The Hall–Kier alpha value is -1.61. The standard InChI is InChI=1S/C11H19N5S.C4H5NOS/c1-11(2,3)16-9-13-8(12-7-5-6-7)14-10(15-9)17-4;1-5-4(6)2-3-7-5/h7H,5-6H2,1-4H3,(H2,12,13,14,15,16);2-3H,1H3. The van der Waals surface area contributed by atoms with Gasteiger partial charge in [-0.05, 0) is 39.9 Å². The summed E-state index contributed by atoms with van der Waals surface area (Å²) in [5.74, 6) is 1.32. The zero-order chi connectivity index (χ0) is 17.7. The van der Waals surface area contributed by atoms with E-state index in [0.717, 1.165) is 5.16 Å². The van der Waals surface area contributed by atoms with Gasteiger partial charge in [0.25, 0.3) is 5.56 Å². The van der Waals surface area contributed by atoms with Crippen molar-refractivity contribution in [1.29, 1.82) is 0 Å². The van der Waals surface area contributed by atoms with Gasteiger partial charge in [0, 0.05) is 30.1 Å². The van der Waals surface area contributed by atoms with E-state index in [-0.39, 0.29) is 11.1 Å². The summed E-state index contributed by atoms with van der Waals surface area (Å²) in [6, 6.07) is 2.10. The fraction of sp³-hybridized carbons (Fsp3) is 0.600.